The summed E-state index contributed by atoms with van der Waals surface area (Å²) >= 11 is 0. The Morgan fingerprint density at radius 1 is 1.00 bits per heavy atom. The van der Waals surface area contributed by atoms with Crippen molar-refractivity contribution in [3.8, 4) is 5.75 Å². The molecule has 3 saturated carbocycles. The molecule has 0 spiro atoms. The number of aliphatic hydroxyl groups is 2. The van der Waals surface area contributed by atoms with E-state index in [0.29, 0.717) is 17.8 Å². The summed E-state index contributed by atoms with van der Waals surface area (Å²) in [5, 5.41) is 21.6. The van der Waals surface area contributed by atoms with Gasteiger partial charge in [0.2, 0.25) is 0 Å². The van der Waals surface area contributed by atoms with Gasteiger partial charge in [-0.15, -0.1) is 0 Å². The van der Waals surface area contributed by atoms with Gasteiger partial charge in [-0.3, -0.25) is 0 Å². The van der Waals surface area contributed by atoms with Crippen molar-refractivity contribution in [1.29, 1.82) is 0 Å². The highest BCUT2D eigenvalue weighted by atomic mass is 16.5. The van der Waals surface area contributed by atoms with Crippen LogP contribution in [-0.4, -0.2) is 29.5 Å². The summed E-state index contributed by atoms with van der Waals surface area (Å²) in [7, 11) is 1.69. The normalized spacial score (nSPS) is 44.1. The van der Waals surface area contributed by atoms with E-state index in [-0.39, 0.29) is 23.0 Å². The fourth-order valence-corrected chi connectivity index (χ4v) is 7.55. The average molecular weight is 409 g/mol. The largest absolute Gasteiger partial charge is 0.497 e. The first-order valence-electron chi connectivity index (χ1n) is 11.8. The van der Waals surface area contributed by atoms with Crippen LogP contribution >= 0.6 is 0 Å². The van der Waals surface area contributed by atoms with Crippen molar-refractivity contribution in [2.45, 2.75) is 71.0 Å². The lowest BCUT2D eigenvalue weighted by Gasteiger charge is -2.57. The Morgan fingerprint density at radius 3 is 2.50 bits per heavy atom. The molecule has 2 N–H and O–H groups in total. The smallest absolute Gasteiger partial charge is 0.118 e. The van der Waals surface area contributed by atoms with Gasteiger partial charge in [-0.25, -0.2) is 0 Å². The maximum absolute atomic E-state index is 11.4. The molecule has 162 valence electrons. The zero-order valence-electron chi connectivity index (χ0n) is 18.6. The monoisotopic (exact) mass is 408 g/mol. The third-order valence-corrected chi connectivity index (χ3v) is 9.41. The Hall–Kier alpha value is -1.58. The topological polar surface area (TPSA) is 49.7 Å². The highest BCUT2D eigenvalue weighted by Gasteiger charge is 2.59. The van der Waals surface area contributed by atoms with Gasteiger partial charge in [0.1, 0.15) is 5.75 Å². The molecule has 5 rings (SSSR count). The average Bonchev–Trinajstić information content (AvgIpc) is 3.00. The van der Waals surface area contributed by atoms with Gasteiger partial charge in [0.15, 0.2) is 0 Å². The Kier molecular flexibility index (Phi) is 4.91. The molecular formula is C27H36O3. The summed E-state index contributed by atoms with van der Waals surface area (Å²) in [6.07, 6.45) is 11.5. The highest BCUT2D eigenvalue weighted by molar-refractivity contribution is 5.56. The second-order valence-electron chi connectivity index (χ2n) is 10.8. The predicted molar refractivity (Wildman–Crippen MR) is 120 cm³/mol. The van der Waals surface area contributed by atoms with Gasteiger partial charge in [0.05, 0.1) is 19.3 Å². The summed E-state index contributed by atoms with van der Waals surface area (Å²) < 4.78 is 5.28. The number of rotatable bonds is 2. The lowest BCUT2D eigenvalue weighted by molar-refractivity contribution is -0.0685. The van der Waals surface area contributed by atoms with Crippen LogP contribution in [0.2, 0.25) is 0 Å². The second kappa shape index (κ2) is 7.24. The maximum Gasteiger partial charge on any atom is 0.118 e. The van der Waals surface area contributed by atoms with Crippen molar-refractivity contribution in [2.24, 2.45) is 28.6 Å². The molecule has 0 saturated heterocycles. The van der Waals surface area contributed by atoms with E-state index in [9.17, 15) is 10.2 Å². The van der Waals surface area contributed by atoms with Crippen molar-refractivity contribution < 1.29 is 14.9 Å². The number of methoxy groups -OCH3 is 1. The summed E-state index contributed by atoms with van der Waals surface area (Å²) in [5.74, 6) is 2.74. The fourth-order valence-electron chi connectivity index (χ4n) is 7.55. The molecule has 7 atom stereocenters. The summed E-state index contributed by atoms with van der Waals surface area (Å²) in [5.41, 5.74) is 4.08. The Balaban J connectivity index is 1.44. The summed E-state index contributed by atoms with van der Waals surface area (Å²) in [6, 6.07) is 8.14. The van der Waals surface area contributed by atoms with Gasteiger partial charge in [-0.1, -0.05) is 43.7 Å². The number of ether oxygens (including phenoxy) is 1. The first-order valence-corrected chi connectivity index (χ1v) is 11.8. The van der Waals surface area contributed by atoms with Crippen LogP contribution in [0.4, 0.5) is 0 Å². The van der Waals surface area contributed by atoms with Crippen LogP contribution in [0.1, 0.15) is 64.4 Å². The molecule has 4 aliphatic carbocycles. The number of allylic oxidation sites excluding steroid dienone is 1. The zero-order chi connectivity index (χ0) is 21.1. The molecule has 0 aliphatic heterocycles. The molecule has 3 nitrogen and oxygen atoms in total. The van der Waals surface area contributed by atoms with Gasteiger partial charge in [0, 0.05) is 5.41 Å². The van der Waals surface area contributed by atoms with E-state index in [1.807, 2.05) is 12.1 Å². The lowest BCUT2D eigenvalue weighted by Crippen LogP contribution is -2.51. The summed E-state index contributed by atoms with van der Waals surface area (Å²) in [6.45, 7) is 4.79. The highest BCUT2D eigenvalue weighted by Crippen LogP contribution is 2.65. The van der Waals surface area contributed by atoms with E-state index in [1.54, 1.807) is 7.11 Å². The van der Waals surface area contributed by atoms with Gasteiger partial charge in [-0.05, 0) is 91.4 Å². The molecule has 3 fully saturated rings. The van der Waals surface area contributed by atoms with Crippen molar-refractivity contribution in [3.63, 3.8) is 0 Å². The van der Waals surface area contributed by atoms with E-state index in [1.165, 1.54) is 17.6 Å². The van der Waals surface area contributed by atoms with Crippen LogP contribution in [0.15, 0.2) is 41.5 Å². The minimum Gasteiger partial charge on any atom is -0.497 e. The van der Waals surface area contributed by atoms with Gasteiger partial charge < -0.3 is 14.9 Å². The zero-order valence-corrected chi connectivity index (χ0v) is 18.6. The van der Waals surface area contributed by atoms with Crippen LogP contribution in [0.3, 0.4) is 0 Å². The van der Waals surface area contributed by atoms with Crippen LogP contribution < -0.4 is 4.74 Å². The second-order valence-corrected chi connectivity index (χ2v) is 10.8. The van der Waals surface area contributed by atoms with Crippen LogP contribution in [0.25, 0.3) is 6.08 Å². The van der Waals surface area contributed by atoms with E-state index in [4.69, 9.17) is 4.74 Å². The Bertz CT molecular complexity index is 869. The van der Waals surface area contributed by atoms with Crippen LogP contribution in [0, 0.1) is 28.6 Å². The molecule has 0 heterocycles. The number of hydrogen-bond donors (Lipinski definition) is 2. The van der Waals surface area contributed by atoms with Crippen LogP contribution in [-0.2, 0) is 0 Å². The molecule has 3 heteroatoms. The van der Waals surface area contributed by atoms with Gasteiger partial charge in [-0.2, -0.15) is 0 Å². The van der Waals surface area contributed by atoms with E-state index < -0.39 is 0 Å². The number of hydrogen-bond acceptors (Lipinski definition) is 3. The summed E-state index contributed by atoms with van der Waals surface area (Å²) in [4.78, 5) is 0. The van der Waals surface area contributed by atoms with E-state index >= 15 is 0 Å². The third-order valence-electron chi connectivity index (χ3n) is 9.41. The van der Waals surface area contributed by atoms with E-state index in [2.05, 4.69) is 38.1 Å². The van der Waals surface area contributed by atoms with Crippen molar-refractivity contribution in [1.82, 2.24) is 0 Å². The Labute approximate surface area is 180 Å². The molecule has 0 aromatic heterocycles. The standard InChI is InChI=1S/C27H36O3/c1-26-12-10-20(28)16-19(26)6-9-22-23(26)11-13-27(2)24(22)15-18(25(27)29)14-17-4-7-21(30-3)8-5-17/h4-8,14,20,22-25,28-29H,9-13,15-16H2,1-3H3/b18-14+/t20?,22?,23?,24?,25?,26-,27-/m0/s1. The molecule has 30 heavy (non-hydrogen) atoms. The third kappa shape index (κ3) is 3.00. The van der Waals surface area contributed by atoms with Crippen molar-refractivity contribution in [3.05, 3.63) is 47.1 Å². The molecule has 4 aliphatic rings. The molecular weight excluding hydrogens is 372 g/mol. The quantitative estimate of drug-likeness (QED) is 0.647. The van der Waals surface area contributed by atoms with Crippen molar-refractivity contribution in [2.75, 3.05) is 7.11 Å². The van der Waals surface area contributed by atoms with Crippen molar-refractivity contribution >= 4 is 6.08 Å². The first-order chi connectivity index (χ1) is 14.3. The predicted octanol–water partition coefficient (Wildman–Crippen LogP) is 5.37. The fraction of sp³-hybridized carbons (Fsp3) is 0.630. The SMILES string of the molecule is COc1ccc(/C=C2\CC3C4CC=C5CC(O)CC[C@]5(C)C4CC[C@]3(C)C2O)cc1. The minimum atomic E-state index is -0.350. The molecule has 1 aromatic carbocycles. The molecule has 0 bridgehead atoms. The molecule has 0 radical (unpaired) electrons. The number of benzene rings is 1. The molecule has 0 amide bonds. The Morgan fingerprint density at radius 2 is 1.77 bits per heavy atom. The maximum atomic E-state index is 11.4. The first kappa shape index (κ1) is 20.3. The van der Waals surface area contributed by atoms with Gasteiger partial charge >= 0.3 is 0 Å². The van der Waals surface area contributed by atoms with E-state index in [0.717, 1.165) is 49.8 Å². The molecule has 5 unspecified atom stereocenters. The number of aliphatic hydroxyl groups excluding tert-OH is 2. The van der Waals surface area contributed by atoms with Gasteiger partial charge in [0.25, 0.3) is 0 Å². The molecule has 1 aromatic rings. The van der Waals surface area contributed by atoms with Crippen LogP contribution in [0.5, 0.6) is 5.75 Å². The minimum absolute atomic E-state index is 0.0185. The number of fused-ring (bicyclic) bond motifs is 5. The lowest BCUT2D eigenvalue weighted by atomic mass is 9.48.